The van der Waals surface area contributed by atoms with Gasteiger partial charge in [-0.05, 0) is 62.5 Å². The fraction of sp³-hybridized carbons (Fsp3) is 0.231. The van der Waals surface area contributed by atoms with Crippen LogP contribution in [0.5, 0.6) is 5.75 Å². The van der Waals surface area contributed by atoms with E-state index in [1.54, 1.807) is 7.11 Å². The number of hydrogen-bond acceptors (Lipinski definition) is 3. The maximum Gasteiger partial charge on any atom is 0.183 e. The molecule has 96 valence electrons. The Labute approximate surface area is 123 Å². The predicted molar refractivity (Wildman–Crippen MR) is 79.2 cm³/mol. The number of nitrogens with one attached hydrogen (secondary N) is 1. The van der Waals surface area contributed by atoms with E-state index in [1.807, 2.05) is 31.2 Å². The number of benzene rings is 1. The third-order valence-corrected chi connectivity index (χ3v) is 4.21. The van der Waals surface area contributed by atoms with Gasteiger partial charge in [0.1, 0.15) is 11.5 Å². The van der Waals surface area contributed by atoms with Gasteiger partial charge in [0.2, 0.25) is 0 Å². The molecule has 2 rings (SSSR count). The highest BCUT2D eigenvalue weighted by Crippen LogP contribution is 2.29. The Morgan fingerprint density at radius 2 is 2.06 bits per heavy atom. The van der Waals surface area contributed by atoms with E-state index in [0.717, 1.165) is 21.7 Å². The van der Waals surface area contributed by atoms with Crippen molar-refractivity contribution in [3.63, 3.8) is 0 Å². The van der Waals surface area contributed by atoms with E-state index in [4.69, 9.17) is 9.15 Å². The molecule has 0 fully saturated rings. The summed E-state index contributed by atoms with van der Waals surface area (Å²) in [6.45, 7) is 2.65. The molecule has 0 saturated heterocycles. The quantitative estimate of drug-likeness (QED) is 0.839. The van der Waals surface area contributed by atoms with E-state index in [0.29, 0.717) is 11.2 Å². The number of furan rings is 1. The second-order valence-corrected chi connectivity index (χ2v) is 5.47. The largest absolute Gasteiger partial charge is 0.495 e. The molecule has 2 aromatic rings. The molecule has 0 atom stereocenters. The Bertz CT molecular complexity index is 532. The molecule has 0 bridgehead atoms. The van der Waals surface area contributed by atoms with Crippen molar-refractivity contribution in [3.05, 3.63) is 44.7 Å². The van der Waals surface area contributed by atoms with E-state index >= 15 is 0 Å². The standard InChI is InChI=1S/C13H13Br2NO2/c1-8-3-4-12(17-2)11(5-8)16-7-9-6-10(14)13(15)18-9/h3-6,16H,7H2,1-2H3. The number of rotatable bonds is 4. The van der Waals surface area contributed by atoms with Crippen LogP contribution in [0.1, 0.15) is 11.3 Å². The summed E-state index contributed by atoms with van der Waals surface area (Å²) in [5, 5.41) is 3.30. The van der Waals surface area contributed by atoms with Gasteiger partial charge in [-0.2, -0.15) is 0 Å². The lowest BCUT2D eigenvalue weighted by Gasteiger charge is -2.10. The maximum atomic E-state index is 5.51. The lowest BCUT2D eigenvalue weighted by molar-refractivity contribution is 0.416. The van der Waals surface area contributed by atoms with Crippen LogP contribution in [-0.2, 0) is 6.54 Å². The smallest absolute Gasteiger partial charge is 0.183 e. The van der Waals surface area contributed by atoms with Crippen molar-refractivity contribution in [2.45, 2.75) is 13.5 Å². The molecule has 0 aliphatic carbocycles. The molecule has 5 heteroatoms. The Kier molecular flexibility index (Phi) is 4.35. The van der Waals surface area contributed by atoms with Crippen molar-refractivity contribution in [3.8, 4) is 5.75 Å². The summed E-state index contributed by atoms with van der Waals surface area (Å²) >= 11 is 6.70. The molecule has 1 aromatic carbocycles. The average Bonchev–Trinajstić information content (AvgIpc) is 2.66. The molecule has 18 heavy (non-hydrogen) atoms. The van der Waals surface area contributed by atoms with Crippen molar-refractivity contribution in [1.29, 1.82) is 0 Å². The van der Waals surface area contributed by atoms with Gasteiger partial charge in [0.05, 0.1) is 23.8 Å². The molecule has 0 saturated carbocycles. The molecule has 0 aliphatic rings. The topological polar surface area (TPSA) is 34.4 Å². The molecule has 0 spiro atoms. The number of ether oxygens (including phenoxy) is 1. The Balaban J connectivity index is 2.12. The van der Waals surface area contributed by atoms with Gasteiger partial charge in [-0.25, -0.2) is 0 Å². The van der Waals surface area contributed by atoms with E-state index in [9.17, 15) is 0 Å². The predicted octanol–water partition coefficient (Wildman–Crippen LogP) is 4.73. The number of anilines is 1. The molecular weight excluding hydrogens is 362 g/mol. The van der Waals surface area contributed by atoms with Gasteiger partial charge in [0.15, 0.2) is 4.67 Å². The van der Waals surface area contributed by atoms with Crippen molar-refractivity contribution in [2.75, 3.05) is 12.4 Å². The number of aryl methyl sites for hydroxylation is 1. The zero-order valence-corrected chi connectivity index (χ0v) is 13.3. The van der Waals surface area contributed by atoms with E-state index < -0.39 is 0 Å². The SMILES string of the molecule is COc1ccc(C)cc1NCc1cc(Br)c(Br)o1. The van der Waals surface area contributed by atoms with Crippen LogP contribution in [0, 0.1) is 6.92 Å². The van der Waals surface area contributed by atoms with E-state index in [1.165, 1.54) is 5.56 Å². The monoisotopic (exact) mass is 373 g/mol. The summed E-state index contributed by atoms with van der Waals surface area (Å²) in [6, 6.07) is 7.95. The van der Waals surface area contributed by atoms with Crippen molar-refractivity contribution < 1.29 is 9.15 Å². The van der Waals surface area contributed by atoms with E-state index in [-0.39, 0.29) is 0 Å². The highest BCUT2D eigenvalue weighted by molar-refractivity contribution is 9.13. The van der Waals surface area contributed by atoms with Crippen LogP contribution in [0.3, 0.4) is 0 Å². The van der Waals surface area contributed by atoms with Crippen molar-refractivity contribution >= 4 is 37.5 Å². The first-order valence-corrected chi connectivity index (χ1v) is 7.01. The Morgan fingerprint density at radius 3 is 2.67 bits per heavy atom. The van der Waals surface area contributed by atoms with Gasteiger partial charge in [0, 0.05) is 0 Å². The summed E-state index contributed by atoms with van der Waals surface area (Å²) < 4.78 is 12.4. The van der Waals surface area contributed by atoms with Gasteiger partial charge in [0.25, 0.3) is 0 Å². The average molecular weight is 375 g/mol. The highest BCUT2D eigenvalue weighted by Gasteiger charge is 2.07. The minimum Gasteiger partial charge on any atom is -0.495 e. The molecule has 3 nitrogen and oxygen atoms in total. The third kappa shape index (κ3) is 3.09. The summed E-state index contributed by atoms with van der Waals surface area (Å²) in [6.07, 6.45) is 0. The fourth-order valence-electron chi connectivity index (χ4n) is 1.62. The summed E-state index contributed by atoms with van der Waals surface area (Å²) in [7, 11) is 1.66. The summed E-state index contributed by atoms with van der Waals surface area (Å²) in [5.74, 6) is 1.67. The van der Waals surface area contributed by atoms with Gasteiger partial charge < -0.3 is 14.5 Å². The Hall–Kier alpha value is -0.940. The van der Waals surface area contributed by atoms with Crippen LogP contribution < -0.4 is 10.1 Å². The molecule has 1 heterocycles. The summed E-state index contributed by atoms with van der Waals surface area (Å²) in [5.41, 5.74) is 2.14. The van der Waals surface area contributed by atoms with Gasteiger partial charge in [-0.15, -0.1) is 0 Å². The zero-order chi connectivity index (χ0) is 13.1. The molecule has 1 N–H and O–H groups in total. The van der Waals surface area contributed by atoms with Crippen molar-refractivity contribution in [2.24, 2.45) is 0 Å². The zero-order valence-electron chi connectivity index (χ0n) is 10.1. The van der Waals surface area contributed by atoms with Gasteiger partial charge in [-0.1, -0.05) is 6.07 Å². The maximum absolute atomic E-state index is 5.51. The number of halogens is 2. The molecule has 1 aromatic heterocycles. The van der Waals surface area contributed by atoms with Crippen LogP contribution in [0.4, 0.5) is 5.69 Å². The van der Waals surface area contributed by atoms with E-state index in [2.05, 4.69) is 37.2 Å². The lowest BCUT2D eigenvalue weighted by Crippen LogP contribution is -2.00. The summed E-state index contributed by atoms with van der Waals surface area (Å²) in [4.78, 5) is 0. The van der Waals surface area contributed by atoms with Gasteiger partial charge >= 0.3 is 0 Å². The minimum atomic E-state index is 0.601. The first kappa shape index (κ1) is 13.5. The van der Waals surface area contributed by atoms with Crippen molar-refractivity contribution in [1.82, 2.24) is 0 Å². The van der Waals surface area contributed by atoms with Crippen LogP contribution in [0.15, 0.2) is 37.8 Å². The van der Waals surface area contributed by atoms with Crippen LogP contribution >= 0.6 is 31.9 Å². The molecule has 0 unspecified atom stereocenters. The Morgan fingerprint density at radius 1 is 1.28 bits per heavy atom. The first-order chi connectivity index (χ1) is 8.60. The first-order valence-electron chi connectivity index (χ1n) is 5.42. The van der Waals surface area contributed by atoms with Gasteiger partial charge in [-0.3, -0.25) is 0 Å². The lowest BCUT2D eigenvalue weighted by atomic mass is 10.2. The second kappa shape index (κ2) is 5.80. The molecule has 0 aliphatic heterocycles. The number of methoxy groups -OCH3 is 1. The highest BCUT2D eigenvalue weighted by atomic mass is 79.9. The number of hydrogen-bond donors (Lipinski definition) is 1. The molecular formula is C13H13Br2NO2. The van der Waals surface area contributed by atoms with Crippen LogP contribution in [0.25, 0.3) is 0 Å². The fourth-order valence-corrected chi connectivity index (χ4v) is 2.28. The van der Waals surface area contributed by atoms with Crippen LogP contribution in [0.2, 0.25) is 0 Å². The third-order valence-electron chi connectivity index (χ3n) is 2.50. The minimum absolute atomic E-state index is 0.601. The molecule has 0 amide bonds. The second-order valence-electron chi connectivity index (χ2n) is 3.89. The normalized spacial score (nSPS) is 10.4. The molecule has 0 radical (unpaired) electrons. The van der Waals surface area contributed by atoms with Crippen LogP contribution in [-0.4, -0.2) is 7.11 Å².